The van der Waals surface area contributed by atoms with E-state index in [1.807, 2.05) is 13.8 Å². The van der Waals surface area contributed by atoms with Crippen molar-refractivity contribution in [1.29, 1.82) is 0 Å². The smallest absolute Gasteiger partial charge is 0.273 e. The van der Waals surface area contributed by atoms with Gasteiger partial charge in [-0.15, -0.1) is 0 Å². The number of rotatable bonds is 9. The molecular formula is C25H24FN3O6. The number of Topliss-reactive ketones (excluding diaryl/α,β-unsaturated/α-hetero) is 1. The molecule has 2 amide bonds. The lowest BCUT2D eigenvalue weighted by Crippen LogP contribution is -2.38. The highest BCUT2D eigenvalue weighted by Crippen LogP contribution is 2.34. The molecule has 35 heavy (non-hydrogen) atoms. The van der Waals surface area contributed by atoms with Crippen LogP contribution >= 0.6 is 0 Å². The zero-order chi connectivity index (χ0) is 24.9. The number of nitrogens with one attached hydrogen (secondary N) is 1. The minimum absolute atomic E-state index is 0.0154. The maximum atomic E-state index is 13.0. The minimum Gasteiger partial charge on any atom is -0.485 e. The highest BCUT2D eigenvalue weighted by molar-refractivity contribution is 6.02. The summed E-state index contributed by atoms with van der Waals surface area (Å²) in [6.45, 7) is 3.33. The Morgan fingerprint density at radius 2 is 2.00 bits per heavy atom. The van der Waals surface area contributed by atoms with Gasteiger partial charge in [0.15, 0.2) is 24.7 Å². The molecule has 0 saturated heterocycles. The summed E-state index contributed by atoms with van der Waals surface area (Å²) in [5.74, 6) is -0.521. The summed E-state index contributed by atoms with van der Waals surface area (Å²) in [5, 5.41) is 2.80. The van der Waals surface area contributed by atoms with E-state index in [2.05, 4.69) is 10.3 Å². The first kappa shape index (κ1) is 23.9. The summed E-state index contributed by atoms with van der Waals surface area (Å²) < 4.78 is 29.4. The molecule has 0 aliphatic carbocycles. The van der Waals surface area contributed by atoms with Crippen LogP contribution in [0.15, 0.2) is 53.1 Å². The Bertz CT molecular complexity index is 1240. The van der Waals surface area contributed by atoms with E-state index in [4.69, 9.17) is 13.9 Å². The number of fused-ring (bicyclic) bond motifs is 1. The number of carbonyl (C=O) groups excluding carboxylic acids is 3. The van der Waals surface area contributed by atoms with Crippen molar-refractivity contribution in [3.05, 3.63) is 71.7 Å². The van der Waals surface area contributed by atoms with E-state index in [-0.39, 0.29) is 55.0 Å². The number of ketones is 1. The summed E-state index contributed by atoms with van der Waals surface area (Å²) >= 11 is 0. The molecule has 1 aliphatic heterocycles. The number of aromatic nitrogens is 1. The second-order valence-corrected chi connectivity index (χ2v) is 8.03. The predicted molar refractivity (Wildman–Crippen MR) is 123 cm³/mol. The molecular weight excluding hydrogens is 457 g/mol. The first-order valence-electron chi connectivity index (χ1n) is 11.1. The normalized spacial score (nSPS) is 13.6. The van der Waals surface area contributed by atoms with Gasteiger partial charge in [0.2, 0.25) is 5.89 Å². The molecule has 9 nitrogen and oxygen atoms in total. The molecule has 0 radical (unpaired) electrons. The van der Waals surface area contributed by atoms with Crippen molar-refractivity contribution in [1.82, 2.24) is 10.3 Å². The highest BCUT2D eigenvalue weighted by atomic mass is 19.1. The summed E-state index contributed by atoms with van der Waals surface area (Å²) in [5.41, 5.74) is 0.788. The first-order chi connectivity index (χ1) is 16.8. The molecule has 3 aromatic rings. The van der Waals surface area contributed by atoms with Gasteiger partial charge in [0.25, 0.3) is 11.8 Å². The molecule has 1 N–H and O–H groups in total. The fourth-order valence-electron chi connectivity index (χ4n) is 3.33. The Kier molecular flexibility index (Phi) is 7.09. The Morgan fingerprint density at radius 1 is 1.23 bits per heavy atom. The van der Waals surface area contributed by atoms with E-state index in [1.165, 1.54) is 41.5 Å². The van der Waals surface area contributed by atoms with Crippen LogP contribution in [-0.4, -0.2) is 41.8 Å². The van der Waals surface area contributed by atoms with Crippen LogP contribution in [0.5, 0.6) is 11.5 Å². The van der Waals surface area contributed by atoms with E-state index in [9.17, 15) is 18.8 Å². The van der Waals surface area contributed by atoms with Gasteiger partial charge >= 0.3 is 0 Å². The molecule has 1 atom stereocenters. The monoisotopic (exact) mass is 481 g/mol. The van der Waals surface area contributed by atoms with Crippen molar-refractivity contribution < 1.29 is 32.7 Å². The molecule has 1 aliphatic rings. The Hall–Kier alpha value is -4.21. The maximum absolute atomic E-state index is 13.0. The third-order valence-electron chi connectivity index (χ3n) is 5.48. The van der Waals surface area contributed by atoms with Gasteiger partial charge in [0, 0.05) is 11.6 Å². The van der Waals surface area contributed by atoms with Crippen molar-refractivity contribution in [2.75, 3.05) is 18.1 Å². The lowest BCUT2D eigenvalue weighted by molar-refractivity contribution is -0.121. The summed E-state index contributed by atoms with van der Waals surface area (Å²) in [6, 6.07) is 10.0. The number of halogens is 1. The van der Waals surface area contributed by atoms with Crippen molar-refractivity contribution in [2.45, 2.75) is 32.9 Å². The molecule has 0 saturated carbocycles. The largest absolute Gasteiger partial charge is 0.485 e. The van der Waals surface area contributed by atoms with Gasteiger partial charge in [-0.1, -0.05) is 6.92 Å². The number of nitrogens with zero attached hydrogens (tertiary/aromatic N) is 2. The number of oxazole rings is 1. The molecule has 10 heteroatoms. The first-order valence-corrected chi connectivity index (χ1v) is 11.1. The molecule has 4 rings (SSSR count). The van der Waals surface area contributed by atoms with Crippen LogP contribution in [-0.2, 0) is 11.3 Å². The van der Waals surface area contributed by atoms with Crippen molar-refractivity contribution in [3.63, 3.8) is 0 Å². The molecule has 182 valence electrons. The van der Waals surface area contributed by atoms with Gasteiger partial charge < -0.3 is 19.2 Å². The van der Waals surface area contributed by atoms with Crippen molar-refractivity contribution in [3.8, 4) is 11.5 Å². The van der Waals surface area contributed by atoms with Gasteiger partial charge in [0.05, 0.1) is 5.69 Å². The van der Waals surface area contributed by atoms with Crippen LogP contribution in [0.4, 0.5) is 10.1 Å². The average Bonchev–Trinajstić information content (AvgIpc) is 3.33. The van der Waals surface area contributed by atoms with Gasteiger partial charge in [-0.2, -0.15) is 0 Å². The highest BCUT2D eigenvalue weighted by Gasteiger charge is 2.28. The lowest BCUT2D eigenvalue weighted by Gasteiger charge is -2.28. The molecule has 0 spiro atoms. The summed E-state index contributed by atoms with van der Waals surface area (Å²) in [4.78, 5) is 43.2. The van der Waals surface area contributed by atoms with Crippen molar-refractivity contribution in [2.24, 2.45) is 0 Å². The number of carbonyl (C=O) groups is 3. The number of anilines is 1. The summed E-state index contributed by atoms with van der Waals surface area (Å²) in [7, 11) is 0. The molecule has 2 heterocycles. The number of hydrogen-bond acceptors (Lipinski definition) is 7. The van der Waals surface area contributed by atoms with E-state index in [0.717, 1.165) is 6.42 Å². The number of ether oxygens (including phenoxy) is 2. The second-order valence-electron chi connectivity index (χ2n) is 8.03. The van der Waals surface area contributed by atoms with Crippen molar-refractivity contribution >= 4 is 23.3 Å². The van der Waals surface area contributed by atoms with Gasteiger partial charge in [-0.25, -0.2) is 9.37 Å². The number of amides is 2. The van der Waals surface area contributed by atoms with Crippen LogP contribution in [0.25, 0.3) is 0 Å². The quantitative estimate of drug-likeness (QED) is 0.466. The van der Waals surface area contributed by atoms with E-state index >= 15 is 0 Å². The Morgan fingerprint density at radius 3 is 2.74 bits per heavy atom. The van der Waals surface area contributed by atoms with E-state index in [0.29, 0.717) is 22.7 Å². The van der Waals surface area contributed by atoms with Crippen LogP contribution in [0.1, 0.15) is 47.0 Å². The number of benzene rings is 2. The molecule has 1 aromatic heterocycles. The second kappa shape index (κ2) is 10.4. The maximum Gasteiger partial charge on any atom is 0.273 e. The summed E-state index contributed by atoms with van der Waals surface area (Å²) in [6.07, 6.45) is 2.01. The van der Waals surface area contributed by atoms with E-state index < -0.39 is 5.82 Å². The predicted octanol–water partition coefficient (Wildman–Crippen LogP) is 3.53. The zero-order valence-corrected chi connectivity index (χ0v) is 19.2. The topological polar surface area (TPSA) is 111 Å². The number of hydrogen-bond donors (Lipinski definition) is 1. The van der Waals surface area contributed by atoms with Gasteiger partial charge in [0.1, 0.15) is 30.1 Å². The van der Waals surface area contributed by atoms with Crippen LogP contribution < -0.4 is 19.7 Å². The molecule has 0 bridgehead atoms. The Balaban J connectivity index is 1.48. The minimum atomic E-state index is -0.405. The molecule has 2 aromatic carbocycles. The SMILES string of the molecule is CCC(C)NC(=O)c1coc(CN2C(=O)COc3ccc(C(=O)COc4ccc(F)cc4)cc32)n1. The van der Waals surface area contributed by atoms with E-state index in [1.54, 1.807) is 12.1 Å². The van der Waals surface area contributed by atoms with Crippen LogP contribution in [0.2, 0.25) is 0 Å². The fraction of sp³-hybridized carbons (Fsp3) is 0.280. The molecule has 0 fully saturated rings. The third kappa shape index (κ3) is 5.65. The standard InChI is InChI=1S/C25H24FN3O6/c1-3-15(2)27-25(32)19-12-35-23(28-19)11-29-20-10-16(4-9-22(20)34-14-24(29)31)21(30)13-33-18-7-5-17(26)6-8-18/h4-10,12,15H,3,11,13-14H2,1-2H3,(H,27,32). The van der Waals surface area contributed by atoms with Gasteiger partial charge in [-0.05, 0) is 55.8 Å². The fourth-order valence-corrected chi connectivity index (χ4v) is 3.33. The molecule has 1 unspecified atom stereocenters. The average molecular weight is 481 g/mol. The Labute approximate surface area is 200 Å². The van der Waals surface area contributed by atoms with Crippen LogP contribution in [0.3, 0.4) is 0 Å². The van der Waals surface area contributed by atoms with Gasteiger partial charge in [-0.3, -0.25) is 19.3 Å². The van der Waals surface area contributed by atoms with Crippen LogP contribution in [0, 0.1) is 5.82 Å². The lowest BCUT2D eigenvalue weighted by atomic mass is 10.1. The zero-order valence-electron chi connectivity index (χ0n) is 19.2. The third-order valence-corrected chi connectivity index (χ3v) is 5.48.